The van der Waals surface area contributed by atoms with Crippen LogP contribution in [-0.2, 0) is 0 Å². The predicted octanol–water partition coefficient (Wildman–Crippen LogP) is 2.70. The zero-order valence-electron chi connectivity index (χ0n) is 8.11. The minimum Gasteiger partial charge on any atom is -0.382 e. The quantitative estimate of drug-likeness (QED) is 0.889. The number of halogens is 2. The van der Waals surface area contributed by atoms with Crippen LogP contribution in [-0.4, -0.2) is 9.97 Å². The van der Waals surface area contributed by atoms with Gasteiger partial charge in [-0.1, -0.05) is 6.07 Å². The average Bonchev–Trinajstić information content (AvgIpc) is 2.26. The van der Waals surface area contributed by atoms with Gasteiger partial charge >= 0.3 is 0 Å². The molecule has 1 heterocycles. The van der Waals surface area contributed by atoms with Crippen LogP contribution in [0.4, 0.5) is 21.7 Å². The minimum atomic E-state index is -0.368. The summed E-state index contributed by atoms with van der Waals surface area (Å²) in [7, 11) is 0. The first-order valence-corrected chi connectivity index (χ1v) is 5.24. The summed E-state index contributed by atoms with van der Waals surface area (Å²) in [6, 6.07) is 4.70. The molecule has 0 unspecified atom stereocenters. The highest BCUT2D eigenvalue weighted by molar-refractivity contribution is 9.10. The van der Waals surface area contributed by atoms with Crippen LogP contribution in [0.3, 0.4) is 0 Å². The van der Waals surface area contributed by atoms with E-state index in [0.29, 0.717) is 21.8 Å². The van der Waals surface area contributed by atoms with E-state index in [1.54, 1.807) is 12.1 Å². The molecule has 2 aromatic rings. The van der Waals surface area contributed by atoms with Gasteiger partial charge in [-0.15, -0.1) is 0 Å². The topological polar surface area (TPSA) is 63.8 Å². The van der Waals surface area contributed by atoms with Crippen molar-refractivity contribution in [2.24, 2.45) is 0 Å². The smallest absolute Gasteiger partial charge is 0.149 e. The maximum atomic E-state index is 13.5. The molecule has 0 aliphatic heterocycles. The van der Waals surface area contributed by atoms with Crippen molar-refractivity contribution < 1.29 is 4.39 Å². The lowest BCUT2D eigenvalue weighted by molar-refractivity contribution is 0.631. The third-order valence-corrected chi connectivity index (χ3v) is 2.55. The standard InChI is InChI=1S/C10H8BrFN4/c11-6-2-1-3-7(12)10(6)16-9-5-14-8(13)4-15-9/h1-5H,(H2,13,14)(H,15,16). The van der Waals surface area contributed by atoms with E-state index in [9.17, 15) is 4.39 Å². The summed E-state index contributed by atoms with van der Waals surface area (Å²) in [5, 5.41) is 2.82. The first-order chi connectivity index (χ1) is 7.66. The Kier molecular flexibility index (Phi) is 3.00. The lowest BCUT2D eigenvalue weighted by Crippen LogP contribution is -1.99. The molecule has 0 saturated heterocycles. The van der Waals surface area contributed by atoms with Crippen LogP contribution in [0.15, 0.2) is 35.1 Å². The van der Waals surface area contributed by atoms with Crippen LogP contribution >= 0.6 is 15.9 Å². The molecule has 1 aromatic carbocycles. The van der Waals surface area contributed by atoms with Gasteiger partial charge in [-0.05, 0) is 28.1 Å². The molecule has 4 nitrogen and oxygen atoms in total. The molecular weight excluding hydrogens is 275 g/mol. The van der Waals surface area contributed by atoms with Crippen LogP contribution in [0.25, 0.3) is 0 Å². The lowest BCUT2D eigenvalue weighted by atomic mass is 10.3. The van der Waals surface area contributed by atoms with Gasteiger partial charge in [0.1, 0.15) is 17.5 Å². The van der Waals surface area contributed by atoms with E-state index in [4.69, 9.17) is 5.73 Å². The first-order valence-electron chi connectivity index (χ1n) is 4.45. The number of para-hydroxylation sites is 1. The Balaban J connectivity index is 2.30. The van der Waals surface area contributed by atoms with Crippen molar-refractivity contribution in [1.29, 1.82) is 0 Å². The van der Waals surface area contributed by atoms with Gasteiger partial charge in [0, 0.05) is 4.47 Å². The van der Waals surface area contributed by atoms with E-state index < -0.39 is 0 Å². The molecule has 1 aromatic heterocycles. The molecular formula is C10H8BrFN4. The van der Waals surface area contributed by atoms with Gasteiger partial charge in [-0.3, -0.25) is 0 Å². The predicted molar refractivity (Wildman–Crippen MR) is 63.8 cm³/mol. The summed E-state index contributed by atoms with van der Waals surface area (Å²) in [5.41, 5.74) is 5.72. The molecule has 2 rings (SSSR count). The molecule has 82 valence electrons. The maximum Gasteiger partial charge on any atom is 0.149 e. The number of aromatic nitrogens is 2. The normalized spacial score (nSPS) is 10.1. The molecule has 3 N–H and O–H groups in total. The van der Waals surface area contributed by atoms with Gasteiger partial charge in [-0.25, -0.2) is 14.4 Å². The van der Waals surface area contributed by atoms with Crippen molar-refractivity contribution in [1.82, 2.24) is 9.97 Å². The Bertz CT molecular complexity index is 480. The molecule has 0 spiro atoms. The molecule has 0 radical (unpaired) electrons. The Morgan fingerprint density at radius 3 is 2.69 bits per heavy atom. The number of rotatable bonds is 2. The van der Waals surface area contributed by atoms with Gasteiger partial charge in [0.05, 0.1) is 18.1 Å². The maximum absolute atomic E-state index is 13.5. The highest BCUT2D eigenvalue weighted by atomic mass is 79.9. The van der Waals surface area contributed by atoms with Crippen LogP contribution in [0.2, 0.25) is 0 Å². The number of benzene rings is 1. The summed E-state index contributed by atoms with van der Waals surface area (Å²) in [6.07, 6.45) is 2.84. The average molecular weight is 283 g/mol. The van der Waals surface area contributed by atoms with E-state index in [0.717, 1.165) is 0 Å². The Labute approximate surface area is 99.9 Å². The minimum absolute atomic E-state index is 0.318. The highest BCUT2D eigenvalue weighted by Gasteiger charge is 2.06. The fourth-order valence-electron chi connectivity index (χ4n) is 1.15. The molecule has 0 aliphatic carbocycles. The van der Waals surface area contributed by atoms with Gasteiger partial charge in [0.2, 0.25) is 0 Å². The van der Waals surface area contributed by atoms with Crippen molar-refractivity contribution in [3.8, 4) is 0 Å². The number of nitrogens with two attached hydrogens (primary N) is 1. The van der Waals surface area contributed by atoms with Crippen LogP contribution < -0.4 is 11.1 Å². The largest absolute Gasteiger partial charge is 0.382 e. The van der Waals surface area contributed by atoms with Crippen molar-refractivity contribution >= 4 is 33.3 Å². The van der Waals surface area contributed by atoms with Crippen molar-refractivity contribution in [2.45, 2.75) is 0 Å². The second-order valence-electron chi connectivity index (χ2n) is 3.05. The summed E-state index contributed by atoms with van der Waals surface area (Å²) < 4.78 is 14.1. The molecule has 0 atom stereocenters. The molecule has 0 amide bonds. The zero-order valence-corrected chi connectivity index (χ0v) is 9.70. The fraction of sp³-hybridized carbons (Fsp3) is 0. The Morgan fingerprint density at radius 1 is 1.25 bits per heavy atom. The summed E-state index contributed by atoms with van der Waals surface area (Å²) in [5.74, 6) is 0.381. The van der Waals surface area contributed by atoms with E-state index in [2.05, 4.69) is 31.2 Å². The zero-order chi connectivity index (χ0) is 11.5. The third-order valence-electron chi connectivity index (χ3n) is 1.89. The first kappa shape index (κ1) is 10.8. The number of nitrogens with zero attached hydrogens (tertiary/aromatic N) is 2. The monoisotopic (exact) mass is 282 g/mol. The fourth-order valence-corrected chi connectivity index (χ4v) is 1.59. The molecule has 0 fully saturated rings. The SMILES string of the molecule is Nc1cnc(Nc2c(F)cccc2Br)cn1. The van der Waals surface area contributed by atoms with E-state index in [1.165, 1.54) is 18.5 Å². The number of hydrogen-bond acceptors (Lipinski definition) is 4. The van der Waals surface area contributed by atoms with Gasteiger partial charge < -0.3 is 11.1 Å². The molecule has 0 aliphatic rings. The summed E-state index contributed by atoms with van der Waals surface area (Å²) >= 11 is 3.24. The Morgan fingerprint density at radius 2 is 2.06 bits per heavy atom. The van der Waals surface area contributed by atoms with E-state index in [-0.39, 0.29) is 5.82 Å². The lowest BCUT2D eigenvalue weighted by Gasteiger charge is -2.08. The Hall–Kier alpha value is -1.69. The number of hydrogen-bond donors (Lipinski definition) is 2. The van der Waals surface area contributed by atoms with Crippen molar-refractivity contribution in [3.63, 3.8) is 0 Å². The highest BCUT2D eigenvalue weighted by Crippen LogP contribution is 2.27. The van der Waals surface area contributed by atoms with Gasteiger partial charge in [0.15, 0.2) is 0 Å². The third kappa shape index (κ3) is 2.27. The van der Waals surface area contributed by atoms with Gasteiger partial charge in [-0.2, -0.15) is 0 Å². The second-order valence-corrected chi connectivity index (χ2v) is 3.90. The molecule has 0 bridgehead atoms. The molecule has 0 saturated carbocycles. The van der Waals surface area contributed by atoms with Crippen LogP contribution in [0.1, 0.15) is 0 Å². The number of nitrogen functional groups attached to an aromatic ring is 1. The molecule has 6 heteroatoms. The van der Waals surface area contributed by atoms with E-state index in [1.807, 2.05) is 0 Å². The van der Waals surface area contributed by atoms with Gasteiger partial charge in [0.25, 0.3) is 0 Å². The molecule has 16 heavy (non-hydrogen) atoms. The van der Waals surface area contributed by atoms with E-state index >= 15 is 0 Å². The second kappa shape index (κ2) is 4.44. The van der Waals surface area contributed by atoms with Crippen LogP contribution in [0, 0.1) is 5.82 Å². The summed E-state index contributed by atoms with van der Waals surface area (Å²) in [4.78, 5) is 7.82. The number of nitrogens with one attached hydrogen (secondary N) is 1. The summed E-state index contributed by atoms with van der Waals surface area (Å²) in [6.45, 7) is 0. The van der Waals surface area contributed by atoms with Crippen LogP contribution in [0.5, 0.6) is 0 Å². The number of anilines is 3. The van der Waals surface area contributed by atoms with Crippen molar-refractivity contribution in [3.05, 3.63) is 40.9 Å². The van der Waals surface area contributed by atoms with Crippen molar-refractivity contribution in [2.75, 3.05) is 11.1 Å².